The van der Waals surface area contributed by atoms with E-state index in [1.54, 1.807) is 24.3 Å². The van der Waals surface area contributed by atoms with E-state index in [0.29, 0.717) is 23.6 Å². The number of carbonyl (C=O) groups is 1. The SMILES string of the molecule is Cl.N#Cc1ccc(C(=O)NCCC2CCNC2)cc1. The van der Waals surface area contributed by atoms with Crippen LogP contribution in [0.4, 0.5) is 0 Å². The van der Waals surface area contributed by atoms with Gasteiger partial charge < -0.3 is 10.6 Å². The predicted molar refractivity (Wildman–Crippen MR) is 76.3 cm³/mol. The van der Waals surface area contributed by atoms with Crippen LogP contribution in [-0.4, -0.2) is 25.5 Å². The third kappa shape index (κ3) is 4.55. The molecule has 2 rings (SSSR count). The van der Waals surface area contributed by atoms with Gasteiger partial charge in [0.2, 0.25) is 0 Å². The summed E-state index contributed by atoms with van der Waals surface area (Å²) in [4.78, 5) is 11.8. The summed E-state index contributed by atoms with van der Waals surface area (Å²) in [6.07, 6.45) is 2.22. The van der Waals surface area contributed by atoms with Crippen LogP contribution in [0.2, 0.25) is 0 Å². The van der Waals surface area contributed by atoms with Crippen LogP contribution < -0.4 is 10.6 Å². The van der Waals surface area contributed by atoms with Crippen molar-refractivity contribution in [2.45, 2.75) is 12.8 Å². The van der Waals surface area contributed by atoms with E-state index in [0.717, 1.165) is 19.5 Å². The number of rotatable bonds is 4. The average molecular weight is 280 g/mol. The smallest absolute Gasteiger partial charge is 0.251 e. The minimum absolute atomic E-state index is 0. The quantitative estimate of drug-likeness (QED) is 0.882. The third-order valence-electron chi connectivity index (χ3n) is 3.28. The van der Waals surface area contributed by atoms with Crippen molar-refractivity contribution in [3.05, 3.63) is 35.4 Å². The Morgan fingerprint density at radius 1 is 1.42 bits per heavy atom. The van der Waals surface area contributed by atoms with E-state index in [2.05, 4.69) is 10.6 Å². The molecule has 1 fully saturated rings. The van der Waals surface area contributed by atoms with Gasteiger partial charge in [-0.15, -0.1) is 12.4 Å². The van der Waals surface area contributed by atoms with Gasteiger partial charge in [-0.25, -0.2) is 0 Å². The Hall–Kier alpha value is -1.57. The van der Waals surface area contributed by atoms with Crippen molar-refractivity contribution in [2.24, 2.45) is 5.92 Å². The van der Waals surface area contributed by atoms with Crippen LogP contribution in [0.25, 0.3) is 0 Å². The largest absolute Gasteiger partial charge is 0.352 e. The molecule has 0 aromatic heterocycles. The molecule has 102 valence electrons. The van der Waals surface area contributed by atoms with Gasteiger partial charge in [-0.3, -0.25) is 4.79 Å². The Bertz CT molecular complexity index is 447. The van der Waals surface area contributed by atoms with Crippen molar-refractivity contribution in [1.29, 1.82) is 5.26 Å². The summed E-state index contributed by atoms with van der Waals surface area (Å²) in [5.74, 6) is 0.622. The van der Waals surface area contributed by atoms with E-state index >= 15 is 0 Å². The monoisotopic (exact) mass is 279 g/mol. The van der Waals surface area contributed by atoms with Gasteiger partial charge in [-0.2, -0.15) is 5.26 Å². The summed E-state index contributed by atoms with van der Waals surface area (Å²) in [6.45, 7) is 2.87. The zero-order valence-electron chi connectivity index (χ0n) is 10.7. The minimum atomic E-state index is -0.0644. The van der Waals surface area contributed by atoms with E-state index in [4.69, 9.17) is 5.26 Å². The molecule has 1 aliphatic rings. The number of hydrogen-bond donors (Lipinski definition) is 2. The molecule has 0 saturated carbocycles. The summed E-state index contributed by atoms with van der Waals surface area (Å²) in [6, 6.07) is 8.73. The number of hydrogen-bond acceptors (Lipinski definition) is 3. The maximum Gasteiger partial charge on any atom is 0.251 e. The molecule has 1 aromatic carbocycles. The molecule has 1 amide bonds. The molecule has 1 atom stereocenters. The molecule has 0 aliphatic carbocycles. The van der Waals surface area contributed by atoms with E-state index in [9.17, 15) is 4.79 Å². The Balaban J connectivity index is 0.00000180. The first kappa shape index (κ1) is 15.5. The molecule has 5 heteroatoms. The van der Waals surface area contributed by atoms with Crippen molar-refractivity contribution in [3.8, 4) is 6.07 Å². The molecular weight excluding hydrogens is 262 g/mol. The topological polar surface area (TPSA) is 64.9 Å². The summed E-state index contributed by atoms with van der Waals surface area (Å²) in [7, 11) is 0. The molecule has 0 bridgehead atoms. The highest BCUT2D eigenvalue weighted by molar-refractivity contribution is 5.94. The molecule has 1 aliphatic heterocycles. The second kappa shape index (κ2) is 7.78. The normalized spacial score (nSPS) is 17.3. The summed E-state index contributed by atoms with van der Waals surface area (Å²) in [5.41, 5.74) is 1.18. The number of carbonyl (C=O) groups excluding carboxylic acids is 1. The minimum Gasteiger partial charge on any atom is -0.352 e. The number of nitrogens with zero attached hydrogens (tertiary/aromatic N) is 1. The number of benzene rings is 1. The highest BCUT2D eigenvalue weighted by atomic mass is 35.5. The molecule has 1 unspecified atom stereocenters. The second-order valence-electron chi connectivity index (χ2n) is 4.59. The maximum atomic E-state index is 11.8. The lowest BCUT2D eigenvalue weighted by Gasteiger charge is -2.09. The van der Waals surface area contributed by atoms with Gasteiger partial charge in [-0.05, 0) is 56.1 Å². The number of nitriles is 1. The van der Waals surface area contributed by atoms with Crippen molar-refractivity contribution in [1.82, 2.24) is 10.6 Å². The van der Waals surface area contributed by atoms with E-state index in [1.165, 1.54) is 6.42 Å². The van der Waals surface area contributed by atoms with Crippen LogP contribution in [0.3, 0.4) is 0 Å². The molecule has 2 N–H and O–H groups in total. The standard InChI is InChI=1S/C14H17N3O.ClH/c15-9-11-1-3-13(4-2-11)14(18)17-8-6-12-5-7-16-10-12;/h1-4,12,16H,5-8,10H2,(H,17,18);1H. The first-order valence-corrected chi connectivity index (χ1v) is 6.28. The molecular formula is C14H18ClN3O. The Morgan fingerprint density at radius 3 is 2.74 bits per heavy atom. The van der Waals surface area contributed by atoms with E-state index in [-0.39, 0.29) is 18.3 Å². The average Bonchev–Trinajstić information content (AvgIpc) is 2.92. The molecule has 1 saturated heterocycles. The number of halogens is 1. The van der Waals surface area contributed by atoms with Crippen molar-refractivity contribution in [3.63, 3.8) is 0 Å². The predicted octanol–water partition coefficient (Wildman–Crippen LogP) is 1.71. The zero-order valence-corrected chi connectivity index (χ0v) is 11.5. The summed E-state index contributed by atoms with van der Waals surface area (Å²) >= 11 is 0. The van der Waals surface area contributed by atoms with Crippen LogP contribution in [-0.2, 0) is 0 Å². The molecule has 1 heterocycles. The number of amides is 1. The Morgan fingerprint density at radius 2 is 2.16 bits per heavy atom. The van der Waals surface area contributed by atoms with Crippen molar-refractivity contribution in [2.75, 3.05) is 19.6 Å². The van der Waals surface area contributed by atoms with Crippen molar-refractivity contribution < 1.29 is 4.79 Å². The fourth-order valence-corrected chi connectivity index (χ4v) is 2.15. The highest BCUT2D eigenvalue weighted by Gasteiger charge is 2.14. The Kier molecular flexibility index (Phi) is 6.34. The molecule has 1 aromatic rings. The van der Waals surface area contributed by atoms with Gasteiger partial charge in [0.05, 0.1) is 11.6 Å². The fraction of sp³-hybridized carbons (Fsp3) is 0.429. The van der Waals surface area contributed by atoms with Crippen LogP contribution in [0.5, 0.6) is 0 Å². The lowest BCUT2D eigenvalue weighted by molar-refractivity contribution is 0.0951. The van der Waals surface area contributed by atoms with E-state index in [1.807, 2.05) is 6.07 Å². The first-order chi connectivity index (χ1) is 8.79. The van der Waals surface area contributed by atoms with E-state index < -0.39 is 0 Å². The molecule has 0 spiro atoms. The van der Waals surface area contributed by atoms with Gasteiger partial charge in [0.15, 0.2) is 0 Å². The highest BCUT2D eigenvalue weighted by Crippen LogP contribution is 2.11. The fourth-order valence-electron chi connectivity index (χ4n) is 2.15. The van der Waals surface area contributed by atoms with Crippen LogP contribution in [0.1, 0.15) is 28.8 Å². The molecule has 4 nitrogen and oxygen atoms in total. The molecule has 19 heavy (non-hydrogen) atoms. The lowest BCUT2D eigenvalue weighted by atomic mass is 10.1. The number of nitrogens with one attached hydrogen (secondary N) is 2. The summed E-state index contributed by atoms with van der Waals surface area (Å²) in [5, 5.41) is 14.9. The molecule has 0 radical (unpaired) electrons. The van der Waals surface area contributed by atoms with Crippen molar-refractivity contribution >= 4 is 18.3 Å². The van der Waals surface area contributed by atoms with Gasteiger partial charge >= 0.3 is 0 Å². The van der Waals surface area contributed by atoms with Crippen LogP contribution >= 0.6 is 12.4 Å². The maximum absolute atomic E-state index is 11.8. The van der Waals surface area contributed by atoms with Gasteiger partial charge in [0.1, 0.15) is 0 Å². The third-order valence-corrected chi connectivity index (χ3v) is 3.28. The first-order valence-electron chi connectivity index (χ1n) is 6.28. The van der Waals surface area contributed by atoms with Crippen LogP contribution in [0, 0.1) is 17.2 Å². The van der Waals surface area contributed by atoms with Crippen LogP contribution in [0.15, 0.2) is 24.3 Å². The summed E-state index contributed by atoms with van der Waals surface area (Å²) < 4.78 is 0. The van der Waals surface area contributed by atoms with Gasteiger partial charge in [0.25, 0.3) is 5.91 Å². The van der Waals surface area contributed by atoms with Gasteiger partial charge in [0, 0.05) is 12.1 Å². The second-order valence-corrected chi connectivity index (χ2v) is 4.59. The Labute approximate surface area is 119 Å². The zero-order chi connectivity index (χ0) is 12.8. The lowest BCUT2D eigenvalue weighted by Crippen LogP contribution is -2.26. The van der Waals surface area contributed by atoms with Gasteiger partial charge in [-0.1, -0.05) is 0 Å².